The Labute approximate surface area is 344 Å². The van der Waals surface area contributed by atoms with Crippen LogP contribution in [0.2, 0.25) is 0 Å². The Morgan fingerprint density at radius 1 is 0.407 bits per heavy atom. The normalized spacial score (nSPS) is 14.7. The van der Waals surface area contributed by atoms with Crippen LogP contribution in [0, 0.1) is 0 Å². The fourth-order valence-electron chi connectivity index (χ4n) is 11.2. The molecule has 0 N–H and O–H groups in total. The summed E-state index contributed by atoms with van der Waals surface area (Å²) in [4.78, 5) is 10.9. The van der Waals surface area contributed by atoms with Gasteiger partial charge in [-0.25, -0.2) is 0 Å². The summed E-state index contributed by atoms with van der Waals surface area (Å²) in [6, 6.07) is 77.7. The van der Waals surface area contributed by atoms with E-state index in [2.05, 4.69) is 221 Å². The van der Waals surface area contributed by atoms with Crippen molar-refractivity contribution in [3.63, 3.8) is 0 Å². The van der Waals surface area contributed by atoms with Crippen molar-refractivity contribution in [2.45, 2.75) is 19.6 Å². The Bertz CT molecular complexity index is 3340. The summed E-state index contributed by atoms with van der Waals surface area (Å²) in [6.45, 7) is -0.0464. The quantitative estimate of drug-likeness (QED) is 0.166. The van der Waals surface area contributed by atoms with Crippen molar-refractivity contribution in [2.24, 2.45) is 0 Å². The number of nitrogens with zero attached hydrogens (tertiary/aromatic N) is 3. The molecule has 0 bridgehead atoms. The van der Waals surface area contributed by atoms with E-state index in [0.717, 1.165) is 17.1 Å². The zero-order valence-electron chi connectivity index (χ0n) is 32.0. The van der Waals surface area contributed by atoms with E-state index in [1.807, 2.05) is 0 Å². The minimum absolute atomic E-state index is 0.0464. The number of rotatable bonds is 3. The maximum Gasteiger partial charge on any atom is 0.333 e. The summed E-state index contributed by atoms with van der Waals surface area (Å²) in [6.07, 6.45) is 0. The van der Waals surface area contributed by atoms with Gasteiger partial charge in [0, 0.05) is 64.4 Å². The van der Waals surface area contributed by atoms with E-state index in [4.69, 9.17) is 0 Å². The Kier molecular flexibility index (Phi) is 6.19. The molecule has 4 aliphatic heterocycles. The third-order valence-electron chi connectivity index (χ3n) is 13.3. The molecule has 1 spiro atoms. The van der Waals surface area contributed by atoms with Gasteiger partial charge < -0.3 is 14.3 Å². The predicted octanol–water partition coefficient (Wildman–Crippen LogP) is 13.1. The molecule has 0 unspecified atom stereocenters. The number of aromatic nitrogens is 1. The van der Waals surface area contributed by atoms with Crippen molar-refractivity contribution >= 4 is 78.0 Å². The van der Waals surface area contributed by atoms with Crippen LogP contribution in [0.4, 0.5) is 28.4 Å². The first-order chi connectivity index (χ1) is 29.3. The SMILES string of the molecule is c1ccc(N(c2ccccc2)c2cc3c4c(c2)-n2c5ccccc5c5cccc(c52)B4N2c4ccccc4S4(c5ccccc5-c5ccccc54)c4cccc-3c42)cc1. The largest absolute Gasteiger partial charge is 0.375 e. The van der Waals surface area contributed by atoms with E-state index in [1.165, 1.54) is 91.6 Å². The lowest BCUT2D eigenvalue weighted by molar-refractivity contribution is 1.14. The van der Waals surface area contributed by atoms with Crippen molar-refractivity contribution < 1.29 is 0 Å². The zero-order chi connectivity index (χ0) is 38.4. The molecule has 9 aromatic carbocycles. The van der Waals surface area contributed by atoms with Crippen LogP contribution in [-0.2, 0) is 0 Å². The van der Waals surface area contributed by atoms with Gasteiger partial charge in [-0.1, -0.05) is 133 Å². The molecule has 5 heterocycles. The number of para-hydroxylation sites is 6. The summed E-state index contributed by atoms with van der Waals surface area (Å²) in [5.41, 5.74) is 17.8. The number of hydrogen-bond acceptors (Lipinski definition) is 2. The van der Waals surface area contributed by atoms with Gasteiger partial charge in [-0.05, 0) is 100 Å². The zero-order valence-corrected chi connectivity index (χ0v) is 32.8. The van der Waals surface area contributed by atoms with Crippen LogP contribution in [0.25, 0.3) is 49.7 Å². The molecule has 5 heteroatoms. The molecule has 4 aliphatic rings. The van der Waals surface area contributed by atoms with Gasteiger partial charge in [0.25, 0.3) is 0 Å². The Morgan fingerprint density at radius 3 is 1.73 bits per heavy atom. The third-order valence-corrected chi connectivity index (χ3v) is 17.3. The maximum absolute atomic E-state index is 2.75. The number of anilines is 5. The lowest BCUT2D eigenvalue weighted by Crippen LogP contribution is -2.61. The highest BCUT2D eigenvalue weighted by Crippen LogP contribution is 2.84. The number of fused-ring (bicyclic) bond motifs is 16. The minimum Gasteiger partial charge on any atom is -0.375 e. The summed E-state index contributed by atoms with van der Waals surface area (Å²) in [7, 11) is -1.86. The second-order valence-corrected chi connectivity index (χ2v) is 19.0. The fraction of sp³-hybridized carbons (Fsp3) is 0. The van der Waals surface area contributed by atoms with Gasteiger partial charge in [-0.2, -0.15) is 0 Å². The number of hydrogen-bond donors (Lipinski definition) is 0. The Hall–Kier alpha value is -7.21. The van der Waals surface area contributed by atoms with Crippen LogP contribution in [0.15, 0.2) is 226 Å². The summed E-state index contributed by atoms with van der Waals surface area (Å²) in [5, 5.41) is 2.58. The second-order valence-electron chi connectivity index (χ2n) is 16.0. The molecule has 0 aliphatic carbocycles. The van der Waals surface area contributed by atoms with E-state index in [0.29, 0.717) is 0 Å². The van der Waals surface area contributed by atoms with E-state index >= 15 is 0 Å². The molecule has 0 fully saturated rings. The molecule has 0 saturated carbocycles. The molecule has 274 valence electrons. The predicted molar refractivity (Wildman–Crippen MR) is 247 cm³/mol. The number of benzene rings is 9. The molecule has 3 nitrogen and oxygen atoms in total. The lowest BCUT2D eigenvalue weighted by Gasteiger charge is -2.53. The van der Waals surface area contributed by atoms with Crippen molar-refractivity contribution in [1.29, 1.82) is 0 Å². The highest BCUT2D eigenvalue weighted by Gasteiger charge is 2.53. The molecule has 1 aromatic heterocycles. The fourth-order valence-corrected chi connectivity index (χ4v) is 15.7. The molecular formula is C54H34BN3S. The second kappa shape index (κ2) is 11.5. The van der Waals surface area contributed by atoms with Crippen LogP contribution in [0.5, 0.6) is 0 Å². The topological polar surface area (TPSA) is 11.4 Å². The molecular weight excluding hydrogens is 733 g/mol. The van der Waals surface area contributed by atoms with Gasteiger partial charge in [-0.15, -0.1) is 10.0 Å². The smallest absolute Gasteiger partial charge is 0.333 e. The van der Waals surface area contributed by atoms with Gasteiger partial charge in [0.05, 0.1) is 16.7 Å². The Morgan fingerprint density at radius 2 is 0.983 bits per heavy atom. The molecule has 14 rings (SSSR count). The third kappa shape index (κ3) is 3.87. The maximum atomic E-state index is 2.75. The van der Waals surface area contributed by atoms with Crippen LogP contribution < -0.4 is 20.6 Å². The summed E-state index contributed by atoms with van der Waals surface area (Å²) < 4.78 is 2.58. The molecule has 10 aromatic rings. The first-order valence-electron chi connectivity index (χ1n) is 20.5. The van der Waals surface area contributed by atoms with Gasteiger partial charge in [0.1, 0.15) is 0 Å². The van der Waals surface area contributed by atoms with Crippen molar-refractivity contribution in [1.82, 2.24) is 4.57 Å². The molecule has 0 radical (unpaired) electrons. The van der Waals surface area contributed by atoms with E-state index in [9.17, 15) is 0 Å². The van der Waals surface area contributed by atoms with Crippen LogP contribution in [0.1, 0.15) is 0 Å². The average Bonchev–Trinajstić information content (AvgIpc) is 3.80. The van der Waals surface area contributed by atoms with Gasteiger partial charge in [0.2, 0.25) is 0 Å². The lowest BCUT2D eigenvalue weighted by atomic mass is 9.44. The van der Waals surface area contributed by atoms with Crippen molar-refractivity contribution in [3.8, 4) is 27.9 Å². The standard InChI is InChI=1S/C54H34BN3S/c1-3-17-35(18-4-1)56(36-19-5-2-6-20-36)37-33-43-42-25-16-32-51-54(42)58(55-44-26-15-24-41-38-21-7-10-27-45(38)57(53(41)44)47(34-37)52(43)55)46-28-11-14-31-50(46)59(51)48-29-12-8-22-39(48)40-23-9-13-30-49(40)59/h1-34H. The van der Waals surface area contributed by atoms with Crippen molar-refractivity contribution in [2.75, 3.05) is 9.71 Å². The summed E-state index contributed by atoms with van der Waals surface area (Å²) >= 11 is 0. The van der Waals surface area contributed by atoms with E-state index in [-0.39, 0.29) is 6.85 Å². The molecule has 0 atom stereocenters. The van der Waals surface area contributed by atoms with Crippen LogP contribution in [0.3, 0.4) is 0 Å². The molecule has 59 heavy (non-hydrogen) atoms. The Balaban J connectivity index is 1.17. The van der Waals surface area contributed by atoms with Gasteiger partial charge >= 0.3 is 6.85 Å². The van der Waals surface area contributed by atoms with E-state index < -0.39 is 10.0 Å². The minimum atomic E-state index is -1.86. The average molecular weight is 768 g/mol. The van der Waals surface area contributed by atoms with Gasteiger partial charge in [-0.3, -0.25) is 0 Å². The molecule has 0 amide bonds. The van der Waals surface area contributed by atoms with Crippen molar-refractivity contribution in [3.05, 3.63) is 206 Å². The highest BCUT2D eigenvalue weighted by molar-refractivity contribution is 8.34. The monoisotopic (exact) mass is 767 g/mol. The first kappa shape index (κ1) is 31.8. The highest BCUT2D eigenvalue weighted by atomic mass is 32.3. The molecule has 0 saturated heterocycles. The van der Waals surface area contributed by atoms with Gasteiger partial charge in [0.15, 0.2) is 0 Å². The first-order valence-corrected chi connectivity index (χ1v) is 22.1. The van der Waals surface area contributed by atoms with E-state index in [1.54, 1.807) is 0 Å². The van der Waals surface area contributed by atoms with Crippen LogP contribution >= 0.6 is 10.0 Å². The summed E-state index contributed by atoms with van der Waals surface area (Å²) in [5.74, 6) is 0. The van der Waals surface area contributed by atoms with Crippen LogP contribution in [-0.4, -0.2) is 11.4 Å².